The highest BCUT2D eigenvalue weighted by Gasteiger charge is 2.37. The van der Waals surface area contributed by atoms with E-state index in [0.29, 0.717) is 17.6 Å². The summed E-state index contributed by atoms with van der Waals surface area (Å²) in [6.07, 6.45) is 1.88. The van der Waals surface area contributed by atoms with Crippen molar-refractivity contribution in [3.8, 4) is 0 Å². The normalized spacial score (nSPS) is 34.8. The minimum atomic E-state index is 0.444. The van der Waals surface area contributed by atoms with Crippen LogP contribution in [0.25, 0.3) is 0 Å². The van der Waals surface area contributed by atoms with E-state index >= 15 is 0 Å². The van der Waals surface area contributed by atoms with Crippen molar-refractivity contribution in [1.82, 2.24) is 0 Å². The van der Waals surface area contributed by atoms with Crippen molar-refractivity contribution in [3.63, 3.8) is 0 Å². The molecule has 0 N–H and O–H groups in total. The molecule has 1 rings (SSSR count). The average molecular weight is 112 g/mol. The molecule has 0 aromatic heterocycles. The van der Waals surface area contributed by atoms with Crippen LogP contribution in [0, 0.1) is 11.8 Å². The largest absolute Gasteiger partial charge is 0.299 e. The Bertz CT molecular complexity index is 107. The Hall–Kier alpha value is -0.330. The molecule has 0 radical (unpaired) electrons. The van der Waals surface area contributed by atoms with Crippen LogP contribution in [0.5, 0.6) is 0 Å². The highest BCUT2D eigenvalue weighted by molar-refractivity contribution is 5.83. The van der Waals surface area contributed by atoms with Gasteiger partial charge in [-0.05, 0) is 12.3 Å². The zero-order chi connectivity index (χ0) is 6.15. The molecule has 0 aromatic carbocycles. The van der Waals surface area contributed by atoms with Crippen molar-refractivity contribution in [2.24, 2.45) is 11.8 Å². The number of hydrogen-bond donors (Lipinski definition) is 0. The predicted molar refractivity (Wildman–Crippen MR) is 32.6 cm³/mol. The quantitative estimate of drug-likeness (QED) is 0.530. The number of Topliss-reactive ketones (excluding diaryl/α,β-unsaturated/α-hetero) is 1. The first-order chi connectivity index (χ1) is 3.75. The molecule has 1 fully saturated rings. The monoisotopic (exact) mass is 112 g/mol. The van der Waals surface area contributed by atoms with Gasteiger partial charge in [0.2, 0.25) is 0 Å². The fraction of sp³-hybridized carbons (Fsp3) is 0.857. The van der Waals surface area contributed by atoms with E-state index in [-0.39, 0.29) is 0 Å². The topological polar surface area (TPSA) is 17.1 Å². The van der Waals surface area contributed by atoms with Crippen LogP contribution in [-0.2, 0) is 4.79 Å². The Kier molecular flexibility index (Phi) is 1.37. The lowest BCUT2D eigenvalue weighted by molar-refractivity contribution is -0.120. The van der Waals surface area contributed by atoms with Gasteiger partial charge in [0.05, 0.1) is 0 Å². The van der Waals surface area contributed by atoms with Crippen LogP contribution in [-0.4, -0.2) is 5.78 Å². The van der Waals surface area contributed by atoms with E-state index in [1.807, 2.05) is 6.92 Å². The molecule has 0 amide bonds. The van der Waals surface area contributed by atoms with Gasteiger partial charge < -0.3 is 0 Å². The standard InChI is InChI=1S/C7H12O/c1-3-7(8)6-4-5(6)2/h5-6H,3-4H2,1-2H3/t5-,6-/m0/s1. The lowest BCUT2D eigenvalue weighted by atomic mass is 10.2. The number of carbonyl (C=O) groups excluding carboxylic acids is 1. The summed E-state index contributed by atoms with van der Waals surface area (Å²) in [5.41, 5.74) is 0. The smallest absolute Gasteiger partial charge is 0.135 e. The third kappa shape index (κ3) is 0.908. The lowest BCUT2D eigenvalue weighted by Crippen LogP contribution is -1.97. The predicted octanol–water partition coefficient (Wildman–Crippen LogP) is 1.62. The van der Waals surface area contributed by atoms with Gasteiger partial charge in [-0.3, -0.25) is 4.79 Å². The summed E-state index contributed by atoms with van der Waals surface area (Å²) in [6, 6.07) is 0. The summed E-state index contributed by atoms with van der Waals surface area (Å²) in [4.78, 5) is 10.8. The molecule has 0 heterocycles. The van der Waals surface area contributed by atoms with Crippen molar-refractivity contribution in [2.75, 3.05) is 0 Å². The first kappa shape index (κ1) is 5.80. The van der Waals surface area contributed by atoms with Crippen molar-refractivity contribution in [1.29, 1.82) is 0 Å². The summed E-state index contributed by atoms with van der Waals surface area (Å²) in [5.74, 6) is 1.60. The van der Waals surface area contributed by atoms with E-state index in [1.165, 1.54) is 0 Å². The first-order valence-corrected chi connectivity index (χ1v) is 3.28. The van der Waals surface area contributed by atoms with Gasteiger partial charge in [-0.15, -0.1) is 0 Å². The minimum absolute atomic E-state index is 0.444. The Morgan fingerprint density at radius 1 is 1.75 bits per heavy atom. The van der Waals surface area contributed by atoms with Crippen LogP contribution < -0.4 is 0 Å². The van der Waals surface area contributed by atoms with Crippen molar-refractivity contribution in [3.05, 3.63) is 0 Å². The summed E-state index contributed by atoms with van der Waals surface area (Å²) < 4.78 is 0. The van der Waals surface area contributed by atoms with E-state index in [9.17, 15) is 4.79 Å². The molecule has 0 aromatic rings. The van der Waals surface area contributed by atoms with Crippen molar-refractivity contribution < 1.29 is 4.79 Å². The SMILES string of the molecule is CCC(=O)[C@H]1C[C@@H]1C. The maximum absolute atomic E-state index is 10.8. The van der Waals surface area contributed by atoms with E-state index in [2.05, 4.69) is 6.92 Å². The van der Waals surface area contributed by atoms with Crippen LogP contribution in [0.1, 0.15) is 26.7 Å². The number of ketones is 1. The number of carbonyl (C=O) groups is 1. The molecule has 0 aliphatic heterocycles. The first-order valence-electron chi connectivity index (χ1n) is 3.28. The summed E-state index contributed by atoms with van der Waals surface area (Å²) >= 11 is 0. The number of hydrogen-bond acceptors (Lipinski definition) is 1. The third-order valence-electron chi connectivity index (χ3n) is 1.87. The van der Waals surface area contributed by atoms with Gasteiger partial charge in [-0.2, -0.15) is 0 Å². The Balaban J connectivity index is 2.28. The van der Waals surface area contributed by atoms with Crippen LogP contribution in [0.3, 0.4) is 0 Å². The zero-order valence-corrected chi connectivity index (χ0v) is 5.48. The average Bonchev–Trinajstić information content (AvgIpc) is 2.45. The molecule has 46 valence electrons. The fourth-order valence-corrected chi connectivity index (χ4v) is 1.03. The fourth-order valence-electron chi connectivity index (χ4n) is 1.03. The second-order valence-corrected chi connectivity index (χ2v) is 2.64. The summed E-state index contributed by atoms with van der Waals surface area (Å²) in [7, 11) is 0. The Labute approximate surface area is 50.1 Å². The van der Waals surface area contributed by atoms with Crippen molar-refractivity contribution >= 4 is 5.78 Å². The van der Waals surface area contributed by atoms with Gasteiger partial charge in [-0.1, -0.05) is 13.8 Å². The maximum Gasteiger partial charge on any atom is 0.135 e. The lowest BCUT2D eigenvalue weighted by Gasteiger charge is -1.87. The summed E-state index contributed by atoms with van der Waals surface area (Å²) in [6.45, 7) is 4.08. The van der Waals surface area contributed by atoms with Gasteiger partial charge in [0.15, 0.2) is 0 Å². The zero-order valence-electron chi connectivity index (χ0n) is 5.48. The van der Waals surface area contributed by atoms with E-state index in [0.717, 1.165) is 12.8 Å². The molecule has 1 aliphatic rings. The van der Waals surface area contributed by atoms with Gasteiger partial charge in [0.25, 0.3) is 0 Å². The van der Waals surface area contributed by atoms with Gasteiger partial charge >= 0.3 is 0 Å². The highest BCUT2D eigenvalue weighted by Crippen LogP contribution is 2.38. The van der Waals surface area contributed by atoms with Crippen molar-refractivity contribution in [2.45, 2.75) is 26.7 Å². The molecule has 1 saturated carbocycles. The molecule has 0 unspecified atom stereocenters. The van der Waals surface area contributed by atoms with E-state index in [4.69, 9.17) is 0 Å². The molecule has 0 bridgehead atoms. The minimum Gasteiger partial charge on any atom is -0.299 e. The molecule has 1 nitrogen and oxygen atoms in total. The Morgan fingerprint density at radius 3 is 2.38 bits per heavy atom. The molecule has 0 spiro atoms. The summed E-state index contributed by atoms with van der Waals surface area (Å²) in [5, 5.41) is 0. The van der Waals surface area contributed by atoms with E-state index in [1.54, 1.807) is 0 Å². The second-order valence-electron chi connectivity index (χ2n) is 2.64. The van der Waals surface area contributed by atoms with Gasteiger partial charge in [-0.25, -0.2) is 0 Å². The van der Waals surface area contributed by atoms with Gasteiger partial charge in [0.1, 0.15) is 5.78 Å². The molecule has 1 aliphatic carbocycles. The number of rotatable bonds is 2. The molecular weight excluding hydrogens is 100 g/mol. The van der Waals surface area contributed by atoms with Crippen LogP contribution in [0.15, 0.2) is 0 Å². The second kappa shape index (κ2) is 1.88. The molecular formula is C7H12O. The molecule has 8 heavy (non-hydrogen) atoms. The van der Waals surface area contributed by atoms with E-state index < -0.39 is 0 Å². The van der Waals surface area contributed by atoms with Crippen LogP contribution in [0.4, 0.5) is 0 Å². The maximum atomic E-state index is 10.8. The third-order valence-corrected chi connectivity index (χ3v) is 1.87. The molecule has 1 heteroatoms. The molecule has 2 atom stereocenters. The highest BCUT2D eigenvalue weighted by atomic mass is 16.1. The van der Waals surface area contributed by atoms with Gasteiger partial charge in [0, 0.05) is 12.3 Å². The molecule has 0 saturated heterocycles. The van der Waals surface area contributed by atoms with Crippen LogP contribution in [0.2, 0.25) is 0 Å². The van der Waals surface area contributed by atoms with Crippen LogP contribution >= 0.6 is 0 Å². The Morgan fingerprint density at radius 2 is 2.25 bits per heavy atom.